The van der Waals surface area contributed by atoms with E-state index in [1.165, 1.54) is 0 Å². The van der Waals surface area contributed by atoms with E-state index in [2.05, 4.69) is 32.2 Å². The largest absolute Gasteiger partial charge is 0.369 e. The lowest BCUT2D eigenvalue weighted by Gasteiger charge is -2.08. The highest BCUT2D eigenvalue weighted by Crippen LogP contribution is 2.20. The third kappa shape index (κ3) is 7.12. The van der Waals surface area contributed by atoms with E-state index >= 15 is 0 Å². The Hall–Kier alpha value is -2.23. The highest BCUT2D eigenvalue weighted by Gasteiger charge is 2.10. The first kappa shape index (κ1) is 22.8. The minimum absolute atomic E-state index is 0.0301. The lowest BCUT2D eigenvalue weighted by Crippen LogP contribution is -2.09. The van der Waals surface area contributed by atoms with Gasteiger partial charge in [-0.1, -0.05) is 54.6 Å². The Kier molecular flexibility index (Phi) is 9.70. The molecule has 0 unspecified atom stereocenters. The fourth-order valence-corrected chi connectivity index (χ4v) is 2.52. The molecule has 12 heteroatoms. The van der Waals surface area contributed by atoms with Gasteiger partial charge >= 0.3 is 0 Å². The van der Waals surface area contributed by atoms with Crippen molar-refractivity contribution in [1.29, 1.82) is 0 Å². The van der Waals surface area contributed by atoms with Gasteiger partial charge in [0, 0.05) is 6.54 Å². The molecule has 0 saturated carbocycles. The lowest BCUT2D eigenvalue weighted by atomic mass is 10.2. The van der Waals surface area contributed by atoms with Crippen molar-refractivity contribution in [1.82, 2.24) is 19.9 Å². The predicted octanol–water partition coefficient (Wildman–Crippen LogP) is 3.30. The van der Waals surface area contributed by atoms with Crippen LogP contribution in [0.1, 0.15) is 46.9 Å². The number of nitrogen functional groups attached to an aromatic ring is 2. The molecule has 0 fully saturated rings. The van der Waals surface area contributed by atoms with Gasteiger partial charge in [-0.3, -0.25) is 9.59 Å². The molecule has 0 atom stereocenters. The van der Waals surface area contributed by atoms with Crippen molar-refractivity contribution in [3.63, 3.8) is 0 Å². The number of carbonyl (C=O) groups excluding carboxylic acids is 2. The standard InChI is InChI=1S/C10H15ClN4O.C5H3Cl2N3O/c1-2-3-4-5-13-9-7(6-16)8(11)14-10(12)15-9;6-3-2(1-11)4(7)10-5(8)9-3/h6H,2-5H2,1H3,(H3,12,13,14,15);1H,(H2,8,9,10). The number of aromatic nitrogens is 4. The van der Waals surface area contributed by atoms with Crippen molar-refractivity contribution in [2.75, 3.05) is 23.3 Å². The van der Waals surface area contributed by atoms with Gasteiger partial charge < -0.3 is 16.8 Å². The predicted molar refractivity (Wildman–Crippen MR) is 107 cm³/mol. The summed E-state index contributed by atoms with van der Waals surface area (Å²) >= 11 is 16.7. The highest BCUT2D eigenvalue weighted by molar-refractivity contribution is 6.37. The van der Waals surface area contributed by atoms with Crippen molar-refractivity contribution in [3.8, 4) is 0 Å². The molecular formula is C15H18Cl3N7O2. The number of rotatable bonds is 7. The van der Waals surface area contributed by atoms with Crippen LogP contribution in [0.5, 0.6) is 0 Å². The van der Waals surface area contributed by atoms with Crippen LogP contribution in [0.2, 0.25) is 15.5 Å². The van der Waals surface area contributed by atoms with E-state index in [9.17, 15) is 9.59 Å². The average molecular weight is 435 g/mol. The second-order valence-corrected chi connectivity index (χ2v) is 6.16. The number of nitrogens with zero attached hydrogens (tertiary/aromatic N) is 4. The Morgan fingerprint density at radius 1 is 0.852 bits per heavy atom. The molecule has 0 radical (unpaired) electrons. The quantitative estimate of drug-likeness (QED) is 0.338. The highest BCUT2D eigenvalue weighted by atomic mass is 35.5. The summed E-state index contributed by atoms with van der Waals surface area (Å²) in [5, 5.41) is 3.06. The van der Waals surface area contributed by atoms with Gasteiger partial charge in [-0.15, -0.1) is 0 Å². The second kappa shape index (κ2) is 11.5. The Balaban J connectivity index is 0.000000289. The third-order valence-corrected chi connectivity index (χ3v) is 3.96. The van der Waals surface area contributed by atoms with Crippen molar-refractivity contribution < 1.29 is 9.59 Å². The number of halogens is 3. The van der Waals surface area contributed by atoms with E-state index in [4.69, 9.17) is 46.3 Å². The first-order valence-corrected chi connectivity index (χ1v) is 8.93. The van der Waals surface area contributed by atoms with Gasteiger partial charge in [-0.05, 0) is 6.42 Å². The van der Waals surface area contributed by atoms with E-state index in [-0.39, 0.29) is 38.5 Å². The summed E-state index contributed by atoms with van der Waals surface area (Å²) in [5.41, 5.74) is 10.9. The van der Waals surface area contributed by atoms with Crippen molar-refractivity contribution in [2.45, 2.75) is 26.2 Å². The molecule has 2 aromatic rings. The second-order valence-electron chi connectivity index (χ2n) is 5.08. The summed E-state index contributed by atoms with van der Waals surface area (Å²) in [6.07, 6.45) is 4.37. The molecule has 0 amide bonds. The molecular weight excluding hydrogens is 417 g/mol. The van der Waals surface area contributed by atoms with E-state index in [1.807, 2.05) is 0 Å². The molecule has 146 valence electrons. The number of aldehydes is 2. The lowest BCUT2D eigenvalue weighted by molar-refractivity contribution is 0.111. The summed E-state index contributed by atoms with van der Waals surface area (Å²) in [7, 11) is 0. The third-order valence-electron chi connectivity index (χ3n) is 3.09. The van der Waals surface area contributed by atoms with Crippen LogP contribution in [0.4, 0.5) is 17.7 Å². The van der Waals surface area contributed by atoms with Crippen LogP contribution in [0.15, 0.2) is 0 Å². The summed E-state index contributed by atoms with van der Waals surface area (Å²) in [6, 6.07) is 0. The van der Waals surface area contributed by atoms with Crippen LogP contribution >= 0.6 is 34.8 Å². The summed E-state index contributed by atoms with van der Waals surface area (Å²) < 4.78 is 0. The number of hydrogen-bond acceptors (Lipinski definition) is 9. The molecule has 9 nitrogen and oxygen atoms in total. The van der Waals surface area contributed by atoms with Gasteiger partial charge in [0.25, 0.3) is 0 Å². The molecule has 5 N–H and O–H groups in total. The number of hydrogen-bond donors (Lipinski definition) is 3. The Bertz CT molecular complexity index is 782. The van der Waals surface area contributed by atoms with Gasteiger partial charge in [-0.25, -0.2) is 15.0 Å². The minimum Gasteiger partial charge on any atom is -0.369 e. The zero-order valence-electron chi connectivity index (χ0n) is 14.4. The van der Waals surface area contributed by atoms with E-state index in [0.717, 1.165) is 25.8 Å². The van der Waals surface area contributed by atoms with Crippen LogP contribution < -0.4 is 16.8 Å². The molecule has 0 bridgehead atoms. The van der Waals surface area contributed by atoms with Crippen molar-refractivity contribution in [3.05, 3.63) is 26.6 Å². The minimum atomic E-state index is -0.0504. The van der Waals surface area contributed by atoms with Crippen LogP contribution in [-0.4, -0.2) is 39.1 Å². The van der Waals surface area contributed by atoms with E-state index in [1.54, 1.807) is 0 Å². The Morgan fingerprint density at radius 3 is 1.81 bits per heavy atom. The number of carbonyl (C=O) groups is 2. The number of nitrogens with two attached hydrogens (primary N) is 2. The molecule has 0 aromatic carbocycles. The topological polar surface area (TPSA) is 150 Å². The molecule has 0 spiro atoms. The zero-order valence-corrected chi connectivity index (χ0v) is 16.6. The van der Waals surface area contributed by atoms with Gasteiger partial charge in [0.15, 0.2) is 12.6 Å². The molecule has 0 aliphatic carbocycles. The SMILES string of the molecule is CCCCCNc1nc(N)nc(Cl)c1C=O.Nc1nc(Cl)c(C=O)c(Cl)n1. The first-order valence-electron chi connectivity index (χ1n) is 7.79. The fraction of sp³-hybridized carbons (Fsp3) is 0.333. The van der Waals surface area contributed by atoms with Crippen LogP contribution in [0, 0.1) is 0 Å². The van der Waals surface area contributed by atoms with Gasteiger partial charge in [0.2, 0.25) is 11.9 Å². The molecule has 2 aromatic heterocycles. The number of anilines is 3. The first-order chi connectivity index (χ1) is 12.8. The maximum absolute atomic E-state index is 10.8. The summed E-state index contributed by atoms with van der Waals surface area (Å²) in [6.45, 7) is 2.86. The Labute approximate surface area is 170 Å². The fourth-order valence-electron chi connectivity index (χ4n) is 1.81. The maximum atomic E-state index is 10.8. The summed E-state index contributed by atoms with van der Waals surface area (Å²) in [4.78, 5) is 35.8. The molecule has 2 rings (SSSR count). The molecule has 27 heavy (non-hydrogen) atoms. The number of unbranched alkanes of at least 4 members (excludes halogenated alkanes) is 2. The van der Waals surface area contributed by atoms with E-state index in [0.29, 0.717) is 18.4 Å². The van der Waals surface area contributed by atoms with E-state index < -0.39 is 0 Å². The maximum Gasteiger partial charge on any atom is 0.223 e. The molecule has 0 aliphatic heterocycles. The summed E-state index contributed by atoms with van der Waals surface area (Å²) in [5.74, 6) is 0.419. The average Bonchev–Trinajstić information content (AvgIpc) is 2.58. The van der Waals surface area contributed by atoms with Gasteiger partial charge in [-0.2, -0.15) is 4.98 Å². The molecule has 0 aliphatic rings. The van der Waals surface area contributed by atoms with Gasteiger partial charge in [0.05, 0.1) is 11.1 Å². The van der Waals surface area contributed by atoms with Crippen molar-refractivity contribution >= 4 is 65.1 Å². The molecule has 0 saturated heterocycles. The van der Waals surface area contributed by atoms with Crippen LogP contribution in [0.3, 0.4) is 0 Å². The van der Waals surface area contributed by atoms with Crippen LogP contribution in [-0.2, 0) is 0 Å². The smallest absolute Gasteiger partial charge is 0.223 e. The normalized spacial score (nSPS) is 9.93. The Morgan fingerprint density at radius 2 is 1.33 bits per heavy atom. The van der Waals surface area contributed by atoms with Gasteiger partial charge in [0.1, 0.15) is 21.3 Å². The van der Waals surface area contributed by atoms with Crippen LogP contribution in [0.25, 0.3) is 0 Å². The molecule has 2 heterocycles. The van der Waals surface area contributed by atoms with Crippen molar-refractivity contribution in [2.24, 2.45) is 0 Å². The zero-order chi connectivity index (χ0) is 20.4. The number of nitrogens with one attached hydrogen (secondary N) is 1. The monoisotopic (exact) mass is 433 g/mol.